The summed E-state index contributed by atoms with van der Waals surface area (Å²) in [4.78, 5) is 8.54. The van der Waals surface area contributed by atoms with Crippen molar-refractivity contribution in [1.82, 2.24) is 14.5 Å². The molecule has 1 aliphatic heterocycles. The van der Waals surface area contributed by atoms with Crippen LogP contribution in [0.2, 0.25) is 0 Å². The van der Waals surface area contributed by atoms with E-state index >= 15 is 0 Å². The van der Waals surface area contributed by atoms with Gasteiger partial charge in [-0.05, 0) is 18.6 Å². The summed E-state index contributed by atoms with van der Waals surface area (Å²) in [7, 11) is 0. The van der Waals surface area contributed by atoms with E-state index in [-0.39, 0.29) is 11.9 Å². The Morgan fingerprint density at radius 1 is 1.35 bits per heavy atom. The second kappa shape index (κ2) is 3.92. The molecule has 0 fully saturated rings. The van der Waals surface area contributed by atoms with E-state index in [0.29, 0.717) is 5.69 Å². The van der Waals surface area contributed by atoms with E-state index in [0.717, 1.165) is 30.9 Å². The number of nitrogens with two attached hydrogens (primary N) is 1. The van der Waals surface area contributed by atoms with Crippen molar-refractivity contribution in [2.75, 3.05) is 0 Å². The SMILES string of the molecule is NC1CCc2nc(-c3ccc(F)cn3)cn2C1. The zero-order chi connectivity index (χ0) is 11.8. The van der Waals surface area contributed by atoms with Gasteiger partial charge in [-0.15, -0.1) is 0 Å². The molecule has 2 aromatic rings. The average Bonchev–Trinajstić information content (AvgIpc) is 2.72. The molecule has 2 N–H and O–H groups in total. The molecule has 17 heavy (non-hydrogen) atoms. The fourth-order valence-corrected chi connectivity index (χ4v) is 2.12. The molecule has 0 spiro atoms. The van der Waals surface area contributed by atoms with E-state index in [4.69, 9.17) is 5.73 Å². The molecule has 0 bridgehead atoms. The number of hydrogen-bond acceptors (Lipinski definition) is 3. The molecule has 2 aromatic heterocycles. The monoisotopic (exact) mass is 232 g/mol. The van der Waals surface area contributed by atoms with Crippen LogP contribution in [-0.4, -0.2) is 20.6 Å². The maximum atomic E-state index is 12.8. The highest BCUT2D eigenvalue weighted by molar-refractivity contribution is 5.53. The number of imidazole rings is 1. The highest BCUT2D eigenvalue weighted by Gasteiger charge is 2.18. The molecule has 1 atom stereocenters. The fraction of sp³-hybridized carbons (Fsp3) is 0.333. The molecule has 0 amide bonds. The molecule has 0 saturated heterocycles. The lowest BCUT2D eigenvalue weighted by atomic mass is 10.1. The topological polar surface area (TPSA) is 56.7 Å². The Hall–Kier alpha value is -1.75. The van der Waals surface area contributed by atoms with Crippen molar-refractivity contribution >= 4 is 0 Å². The van der Waals surface area contributed by atoms with E-state index in [9.17, 15) is 4.39 Å². The smallest absolute Gasteiger partial charge is 0.141 e. The second-order valence-corrected chi connectivity index (χ2v) is 4.36. The van der Waals surface area contributed by atoms with Gasteiger partial charge in [0, 0.05) is 25.2 Å². The van der Waals surface area contributed by atoms with Gasteiger partial charge in [-0.1, -0.05) is 0 Å². The molecule has 0 aromatic carbocycles. The summed E-state index contributed by atoms with van der Waals surface area (Å²) < 4.78 is 14.8. The summed E-state index contributed by atoms with van der Waals surface area (Å²) in [6.07, 6.45) is 5.00. The van der Waals surface area contributed by atoms with Crippen LogP contribution in [0.15, 0.2) is 24.5 Å². The van der Waals surface area contributed by atoms with Gasteiger partial charge in [0.05, 0.1) is 11.9 Å². The van der Waals surface area contributed by atoms with Gasteiger partial charge in [-0.25, -0.2) is 9.37 Å². The number of nitrogens with zero attached hydrogens (tertiary/aromatic N) is 3. The van der Waals surface area contributed by atoms with Crippen LogP contribution >= 0.6 is 0 Å². The van der Waals surface area contributed by atoms with Crippen molar-refractivity contribution < 1.29 is 4.39 Å². The Bertz CT molecular complexity index is 532. The summed E-state index contributed by atoms with van der Waals surface area (Å²) in [5, 5.41) is 0. The predicted molar refractivity (Wildman–Crippen MR) is 61.7 cm³/mol. The predicted octanol–water partition coefficient (Wildman–Crippen LogP) is 1.36. The molecule has 0 radical (unpaired) electrons. The van der Waals surface area contributed by atoms with E-state index in [1.165, 1.54) is 12.3 Å². The van der Waals surface area contributed by atoms with Crippen LogP contribution in [0.3, 0.4) is 0 Å². The van der Waals surface area contributed by atoms with Crippen molar-refractivity contribution in [3.8, 4) is 11.4 Å². The van der Waals surface area contributed by atoms with Crippen molar-refractivity contribution in [1.29, 1.82) is 0 Å². The second-order valence-electron chi connectivity index (χ2n) is 4.36. The first-order valence-electron chi connectivity index (χ1n) is 5.66. The molecule has 4 nitrogen and oxygen atoms in total. The minimum absolute atomic E-state index is 0.200. The number of fused-ring (bicyclic) bond motifs is 1. The van der Waals surface area contributed by atoms with Crippen LogP contribution in [0, 0.1) is 5.82 Å². The Balaban J connectivity index is 1.97. The lowest BCUT2D eigenvalue weighted by Gasteiger charge is -2.19. The molecule has 0 saturated carbocycles. The number of rotatable bonds is 1. The fourth-order valence-electron chi connectivity index (χ4n) is 2.12. The lowest BCUT2D eigenvalue weighted by Crippen LogP contribution is -2.31. The Morgan fingerprint density at radius 2 is 2.24 bits per heavy atom. The maximum Gasteiger partial charge on any atom is 0.141 e. The number of hydrogen-bond donors (Lipinski definition) is 1. The van der Waals surface area contributed by atoms with E-state index in [1.807, 2.05) is 6.20 Å². The molecular formula is C12H13FN4. The van der Waals surface area contributed by atoms with Gasteiger partial charge in [0.1, 0.15) is 17.3 Å². The molecule has 0 aliphatic carbocycles. The average molecular weight is 232 g/mol. The molecule has 3 rings (SSSR count). The molecule has 1 unspecified atom stereocenters. The number of aryl methyl sites for hydroxylation is 1. The molecule has 3 heterocycles. The molecule has 5 heteroatoms. The Labute approximate surface area is 98.3 Å². The van der Waals surface area contributed by atoms with Crippen molar-refractivity contribution in [3.05, 3.63) is 36.2 Å². The van der Waals surface area contributed by atoms with Crippen LogP contribution in [0.25, 0.3) is 11.4 Å². The zero-order valence-corrected chi connectivity index (χ0v) is 9.31. The van der Waals surface area contributed by atoms with Gasteiger partial charge in [-0.2, -0.15) is 0 Å². The van der Waals surface area contributed by atoms with Crippen LogP contribution in [0.1, 0.15) is 12.2 Å². The van der Waals surface area contributed by atoms with E-state index in [1.54, 1.807) is 6.07 Å². The number of aromatic nitrogens is 3. The maximum absolute atomic E-state index is 12.8. The van der Waals surface area contributed by atoms with Gasteiger partial charge >= 0.3 is 0 Å². The minimum Gasteiger partial charge on any atom is -0.333 e. The molecule has 1 aliphatic rings. The summed E-state index contributed by atoms with van der Waals surface area (Å²) in [5.74, 6) is 0.701. The quantitative estimate of drug-likeness (QED) is 0.807. The standard InChI is InChI=1S/C12H13FN4/c13-8-1-3-10(15-5-8)11-7-17-6-9(14)2-4-12(17)16-11/h1,3,5,7,9H,2,4,6,14H2. The zero-order valence-electron chi connectivity index (χ0n) is 9.31. The third-order valence-corrected chi connectivity index (χ3v) is 3.02. The summed E-state index contributed by atoms with van der Waals surface area (Å²) in [5.41, 5.74) is 7.39. The third kappa shape index (κ3) is 1.93. The summed E-state index contributed by atoms with van der Waals surface area (Å²) in [6, 6.07) is 3.24. The summed E-state index contributed by atoms with van der Waals surface area (Å²) >= 11 is 0. The molecular weight excluding hydrogens is 219 g/mol. The highest BCUT2D eigenvalue weighted by Crippen LogP contribution is 2.20. The van der Waals surface area contributed by atoms with Crippen molar-refractivity contribution in [2.24, 2.45) is 5.73 Å². The van der Waals surface area contributed by atoms with E-state index in [2.05, 4.69) is 14.5 Å². The summed E-state index contributed by atoms with van der Waals surface area (Å²) in [6.45, 7) is 0.795. The van der Waals surface area contributed by atoms with E-state index < -0.39 is 0 Å². The first-order chi connectivity index (χ1) is 8.22. The van der Waals surface area contributed by atoms with Gasteiger partial charge < -0.3 is 10.3 Å². The van der Waals surface area contributed by atoms with Crippen molar-refractivity contribution in [2.45, 2.75) is 25.4 Å². The van der Waals surface area contributed by atoms with Crippen LogP contribution in [0.5, 0.6) is 0 Å². The largest absolute Gasteiger partial charge is 0.333 e. The van der Waals surface area contributed by atoms with Crippen LogP contribution in [0.4, 0.5) is 4.39 Å². The van der Waals surface area contributed by atoms with Crippen LogP contribution in [-0.2, 0) is 13.0 Å². The van der Waals surface area contributed by atoms with Gasteiger partial charge in [0.15, 0.2) is 0 Å². The normalized spacial score (nSPS) is 19.1. The van der Waals surface area contributed by atoms with Gasteiger partial charge in [0.2, 0.25) is 0 Å². The molecule has 88 valence electrons. The first kappa shape index (κ1) is 10.4. The number of pyridine rings is 1. The third-order valence-electron chi connectivity index (χ3n) is 3.02. The van der Waals surface area contributed by atoms with Gasteiger partial charge in [0.25, 0.3) is 0 Å². The first-order valence-corrected chi connectivity index (χ1v) is 5.66. The Kier molecular flexibility index (Phi) is 2.40. The van der Waals surface area contributed by atoms with Gasteiger partial charge in [-0.3, -0.25) is 4.98 Å². The lowest BCUT2D eigenvalue weighted by molar-refractivity contribution is 0.453. The number of halogens is 1. The van der Waals surface area contributed by atoms with Crippen LogP contribution < -0.4 is 5.73 Å². The highest BCUT2D eigenvalue weighted by atomic mass is 19.1. The minimum atomic E-state index is -0.334. The van der Waals surface area contributed by atoms with Crippen molar-refractivity contribution in [3.63, 3.8) is 0 Å². The Morgan fingerprint density at radius 3 is 3.00 bits per heavy atom.